The molecule has 0 aliphatic carbocycles. The molecule has 1 aliphatic rings. The maximum Gasteiger partial charge on any atom is 0.163 e. The Morgan fingerprint density at radius 2 is 1.59 bits per heavy atom. The number of phenolic OH excluding ortho intramolecular Hbond substituents is 3. The number of benzene rings is 2. The van der Waals surface area contributed by atoms with Gasteiger partial charge in [-0.05, 0) is 83.6 Å². The SMILES string of the molecule is CC(=O)c1cc2c(c(CC=C(C)C)c1O)O[C@H](c1ccc(O)c(O)c1CC=C(C)C)CC2. The molecule has 0 amide bonds. The smallest absolute Gasteiger partial charge is 0.163 e. The molecule has 2 aromatic rings. The van der Waals surface area contributed by atoms with Crippen LogP contribution in [-0.2, 0) is 19.3 Å². The van der Waals surface area contributed by atoms with Crippen LogP contribution in [0.2, 0.25) is 0 Å². The molecule has 1 aliphatic heterocycles. The van der Waals surface area contributed by atoms with Crippen LogP contribution >= 0.6 is 0 Å². The zero-order chi connectivity index (χ0) is 23.6. The summed E-state index contributed by atoms with van der Waals surface area (Å²) >= 11 is 0. The number of hydrogen-bond donors (Lipinski definition) is 3. The molecule has 0 radical (unpaired) electrons. The molecule has 0 saturated heterocycles. The number of carbonyl (C=O) groups is 1. The van der Waals surface area contributed by atoms with Crippen LogP contribution in [-0.4, -0.2) is 21.1 Å². The summed E-state index contributed by atoms with van der Waals surface area (Å²) in [5.74, 6) is 0.0945. The Bertz CT molecular complexity index is 1100. The summed E-state index contributed by atoms with van der Waals surface area (Å²) in [5.41, 5.74) is 5.48. The molecule has 5 nitrogen and oxygen atoms in total. The molecule has 0 saturated carbocycles. The van der Waals surface area contributed by atoms with Crippen LogP contribution in [0, 0.1) is 0 Å². The normalized spacial score (nSPS) is 14.8. The van der Waals surface area contributed by atoms with Crippen molar-refractivity contribution in [2.24, 2.45) is 0 Å². The molecule has 32 heavy (non-hydrogen) atoms. The first-order valence-electron chi connectivity index (χ1n) is 11.0. The molecule has 0 bridgehead atoms. The van der Waals surface area contributed by atoms with E-state index < -0.39 is 0 Å². The standard InChI is InChI=1S/C27H32O5/c1-15(2)6-9-20-19(11-12-23(29)26(20)31)24-13-8-18-14-22(17(5)28)25(30)21(27(18)32-24)10-7-16(3)4/h6-7,11-12,14,24,29-31H,8-10,13H2,1-5H3/t24-/m0/s1. The fourth-order valence-electron chi connectivity index (χ4n) is 4.04. The Hall–Kier alpha value is -3.21. The quantitative estimate of drug-likeness (QED) is 0.290. The number of aryl methyl sites for hydroxylation is 1. The van der Waals surface area contributed by atoms with Crippen molar-refractivity contribution in [1.82, 2.24) is 0 Å². The van der Waals surface area contributed by atoms with Crippen molar-refractivity contribution in [3.05, 3.63) is 69.3 Å². The van der Waals surface area contributed by atoms with Gasteiger partial charge in [-0.25, -0.2) is 0 Å². The molecule has 1 heterocycles. The lowest BCUT2D eigenvalue weighted by atomic mass is 9.89. The fourth-order valence-corrected chi connectivity index (χ4v) is 4.04. The van der Waals surface area contributed by atoms with E-state index in [1.807, 2.05) is 39.8 Å². The monoisotopic (exact) mass is 436 g/mol. The van der Waals surface area contributed by atoms with E-state index in [9.17, 15) is 20.1 Å². The highest BCUT2D eigenvalue weighted by molar-refractivity contribution is 5.98. The molecule has 0 fully saturated rings. The molecular formula is C27H32O5. The second-order valence-corrected chi connectivity index (χ2v) is 8.91. The fraction of sp³-hybridized carbons (Fsp3) is 0.370. The Labute approximate surface area is 189 Å². The van der Waals surface area contributed by atoms with Gasteiger partial charge in [0.05, 0.1) is 5.56 Å². The van der Waals surface area contributed by atoms with E-state index in [0.717, 1.165) is 22.3 Å². The number of phenols is 3. The van der Waals surface area contributed by atoms with Gasteiger partial charge in [-0.3, -0.25) is 4.79 Å². The Balaban J connectivity index is 2.09. The highest BCUT2D eigenvalue weighted by Crippen LogP contribution is 2.45. The first-order valence-corrected chi connectivity index (χ1v) is 11.0. The van der Waals surface area contributed by atoms with Crippen molar-refractivity contribution in [1.29, 1.82) is 0 Å². The largest absolute Gasteiger partial charge is 0.507 e. The van der Waals surface area contributed by atoms with Gasteiger partial charge in [-0.2, -0.15) is 0 Å². The minimum atomic E-state index is -0.345. The number of hydrogen-bond acceptors (Lipinski definition) is 5. The summed E-state index contributed by atoms with van der Waals surface area (Å²) in [6.45, 7) is 9.39. The average Bonchev–Trinajstić information content (AvgIpc) is 2.72. The molecule has 170 valence electrons. The van der Waals surface area contributed by atoms with Crippen molar-refractivity contribution in [3.8, 4) is 23.0 Å². The predicted molar refractivity (Wildman–Crippen MR) is 126 cm³/mol. The van der Waals surface area contributed by atoms with Crippen LogP contribution in [0.5, 0.6) is 23.0 Å². The van der Waals surface area contributed by atoms with Gasteiger partial charge in [0, 0.05) is 11.1 Å². The lowest BCUT2D eigenvalue weighted by Crippen LogP contribution is -2.19. The lowest BCUT2D eigenvalue weighted by molar-refractivity contribution is 0.101. The molecule has 0 spiro atoms. The summed E-state index contributed by atoms with van der Waals surface area (Å²) in [7, 11) is 0. The van der Waals surface area contributed by atoms with Gasteiger partial charge in [0.1, 0.15) is 17.6 Å². The molecule has 0 aromatic heterocycles. The third-order valence-corrected chi connectivity index (χ3v) is 5.81. The maximum atomic E-state index is 12.1. The van der Waals surface area contributed by atoms with Crippen LogP contribution in [0.15, 0.2) is 41.5 Å². The predicted octanol–water partition coefficient (Wildman–Crippen LogP) is 6.09. The second kappa shape index (κ2) is 9.51. The van der Waals surface area contributed by atoms with Gasteiger partial charge in [0.15, 0.2) is 17.3 Å². The number of ketones is 1. The van der Waals surface area contributed by atoms with E-state index in [1.54, 1.807) is 12.1 Å². The van der Waals surface area contributed by atoms with E-state index in [1.165, 1.54) is 13.0 Å². The van der Waals surface area contributed by atoms with E-state index >= 15 is 0 Å². The number of ether oxygens (including phenoxy) is 1. The molecule has 1 atom stereocenters. The first-order chi connectivity index (χ1) is 15.1. The molecule has 3 rings (SSSR count). The minimum absolute atomic E-state index is 0.0345. The third kappa shape index (κ3) is 4.82. The number of aromatic hydroxyl groups is 3. The number of allylic oxidation sites excluding steroid dienone is 4. The van der Waals surface area contributed by atoms with Gasteiger partial charge >= 0.3 is 0 Å². The summed E-state index contributed by atoms with van der Waals surface area (Å²) in [6.07, 6.45) is 5.91. The molecule has 3 N–H and O–H groups in total. The summed E-state index contributed by atoms with van der Waals surface area (Å²) in [4.78, 5) is 12.1. The van der Waals surface area contributed by atoms with Crippen LogP contribution < -0.4 is 4.74 Å². The van der Waals surface area contributed by atoms with E-state index in [0.29, 0.717) is 48.1 Å². The number of fused-ring (bicyclic) bond motifs is 1. The summed E-state index contributed by atoms with van der Waals surface area (Å²) < 4.78 is 6.43. The number of Topliss-reactive ketones (excluding diaryl/α,β-unsaturated/α-hetero) is 1. The second-order valence-electron chi connectivity index (χ2n) is 8.91. The van der Waals surface area contributed by atoms with Crippen LogP contribution in [0.3, 0.4) is 0 Å². The maximum absolute atomic E-state index is 12.1. The van der Waals surface area contributed by atoms with Crippen LogP contribution in [0.1, 0.15) is 79.8 Å². The molecule has 2 aromatic carbocycles. The molecule has 0 unspecified atom stereocenters. The Morgan fingerprint density at radius 3 is 2.19 bits per heavy atom. The number of rotatable bonds is 6. The lowest BCUT2D eigenvalue weighted by Gasteiger charge is -2.30. The molecular weight excluding hydrogens is 404 g/mol. The molecule has 5 heteroatoms. The Kier molecular flexibility index (Phi) is 6.97. The van der Waals surface area contributed by atoms with Crippen LogP contribution in [0.4, 0.5) is 0 Å². The van der Waals surface area contributed by atoms with Crippen molar-refractivity contribution in [3.63, 3.8) is 0 Å². The minimum Gasteiger partial charge on any atom is -0.507 e. The highest BCUT2D eigenvalue weighted by atomic mass is 16.5. The average molecular weight is 437 g/mol. The highest BCUT2D eigenvalue weighted by Gasteiger charge is 2.29. The topological polar surface area (TPSA) is 87.0 Å². The number of carbonyl (C=O) groups excluding carboxylic acids is 1. The van der Waals surface area contributed by atoms with E-state index in [4.69, 9.17) is 4.74 Å². The van der Waals surface area contributed by atoms with Gasteiger partial charge in [-0.15, -0.1) is 0 Å². The summed E-state index contributed by atoms with van der Waals surface area (Å²) in [6, 6.07) is 5.00. The van der Waals surface area contributed by atoms with E-state index in [2.05, 4.69) is 0 Å². The van der Waals surface area contributed by atoms with Gasteiger partial charge in [0.2, 0.25) is 0 Å². The van der Waals surface area contributed by atoms with Crippen molar-refractivity contribution in [2.75, 3.05) is 0 Å². The van der Waals surface area contributed by atoms with Crippen molar-refractivity contribution < 1.29 is 24.9 Å². The van der Waals surface area contributed by atoms with E-state index in [-0.39, 0.29) is 29.1 Å². The van der Waals surface area contributed by atoms with Gasteiger partial charge in [0.25, 0.3) is 0 Å². The third-order valence-electron chi connectivity index (χ3n) is 5.81. The van der Waals surface area contributed by atoms with Gasteiger partial charge in [-0.1, -0.05) is 29.4 Å². The zero-order valence-corrected chi connectivity index (χ0v) is 19.5. The van der Waals surface area contributed by atoms with Gasteiger partial charge < -0.3 is 20.1 Å². The first kappa shape index (κ1) is 23.5. The zero-order valence-electron chi connectivity index (χ0n) is 19.5. The van der Waals surface area contributed by atoms with Crippen LogP contribution in [0.25, 0.3) is 0 Å². The van der Waals surface area contributed by atoms with Crippen molar-refractivity contribution in [2.45, 2.75) is 66.4 Å². The Morgan fingerprint density at radius 1 is 0.969 bits per heavy atom. The van der Waals surface area contributed by atoms with Crippen molar-refractivity contribution >= 4 is 5.78 Å². The summed E-state index contributed by atoms with van der Waals surface area (Å²) in [5, 5.41) is 31.4.